The predicted molar refractivity (Wildman–Crippen MR) is 101 cm³/mol. The molecule has 0 unspecified atom stereocenters. The molecular weight excluding hydrogens is 354 g/mol. The summed E-state index contributed by atoms with van der Waals surface area (Å²) in [5.74, 6) is 0.848. The number of fused-ring (bicyclic) bond motifs is 2. The number of aromatic nitrogens is 1. The first-order valence-corrected chi connectivity index (χ1v) is 9.19. The van der Waals surface area contributed by atoms with E-state index in [1.54, 1.807) is 0 Å². The van der Waals surface area contributed by atoms with Crippen LogP contribution in [0.2, 0.25) is 5.02 Å². The maximum atomic E-state index is 11.2. The summed E-state index contributed by atoms with van der Waals surface area (Å²) in [5, 5.41) is 4.65. The molecule has 1 aromatic carbocycles. The highest BCUT2D eigenvalue weighted by atomic mass is 35.5. The Labute approximate surface area is 157 Å². The van der Waals surface area contributed by atoms with Crippen LogP contribution in [0.15, 0.2) is 24.3 Å². The quantitative estimate of drug-likeness (QED) is 0.872. The Morgan fingerprint density at radius 3 is 2.58 bits per heavy atom. The monoisotopic (exact) mass is 375 g/mol. The number of pyridine rings is 1. The van der Waals surface area contributed by atoms with E-state index in [0.717, 1.165) is 29.8 Å². The number of carbonyl (C=O) groups is 1. The van der Waals surface area contributed by atoms with E-state index in [4.69, 9.17) is 26.1 Å². The van der Waals surface area contributed by atoms with Crippen molar-refractivity contribution in [2.45, 2.75) is 32.1 Å². The molecule has 7 heteroatoms. The number of nitrogens with zero attached hydrogens (tertiary/aromatic N) is 2. The van der Waals surface area contributed by atoms with E-state index in [1.807, 2.05) is 18.2 Å². The third-order valence-corrected chi connectivity index (χ3v) is 5.17. The molecular formula is C19H22ClN3O3. The summed E-state index contributed by atoms with van der Waals surface area (Å²) in [4.78, 5) is 18.2. The zero-order chi connectivity index (χ0) is 18.3. The Bertz CT molecular complexity index is 828. The van der Waals surface area contributed by atoms with Crippen molar-refractivity contribution in [2.24, 2.45) is 0 Å². The first kappa shape index (κ1) is 17.5. The summed E-state index contributed by atoms with van der Waals surface area (Å²) >= 11 is 6.13. The van der Waals surface area contributed by atoms with Gasteiger partial charge >= 0.3 is 0 Å². The molecule has 138 valence electrons. The fraction of sp³-hybridized carbons (Fsp3) is 0.474. The average Bonchev–Trinajstić information content (AvgIpc) is 2.91. The molecule has 2 aromatic rings. The largest absolute Gasteiger partial charge is 0.371 e. The lowest BCUT2D eigenvalue weighted by Gasteiger charge is -2.20. The van der Waals surface area contributed by atoms with Gasteiger partial charge in [0.1, 0.15) is 18.0 Å². The fourth-order valence-corrected chi connectivity index (χ4v) is 3.84. The minimum Gasteiger partial charge on any atom is -0.371 e. The minimum absolute atomic E-state index is 0.0223. The second-order valence-corrected chi connectivity index (χ2v) is 7.44. The number of hydrogen-bond acceptors (Lipinski definition) is 5. The molecule has 26 heavy (non-hydrogen) atoms. The SMILES string of the molecule is CC(=O)NC1CO[C@H]2CN(c3cc(C)c4ccc(Cl)cc4n3)C[C@@H]2OC1. The van der Waals surface area contributed by atoms with Crippen molar-refractivity contribution in [2.75, 3.05) is 31.2 Å². The van der Waals surface area contributed by atoms with E-state index in [0.29, 0.717) is 18.2 Å². The molecule has 0 aliphatic carbocycles. The molecule has 0 saturated carbocycles. The standard InChI is InChI=1S/C19H22ClN3O3/c1-11-5-19(22-16-6-13(20)3-4-15(11)16)23-7-17-18(8-23)26-10-14(9-25-17)21-12(2)24/h3-6,14,17-18H,7-10H2,1-2H3,(H,21,24)/t17-,18-/m0/s1. The molecule has 2 saturated heterocycles. The van der Waals surface area contributed by atoms with Gasteiger partial charge in [0.2, 0.25) is 5.91 Å². The maximum absolute atomic E-state index is 11.2. The van der Waals surface area contributed by atoms with Crippen LogP contribution in [0.4, 0.5) is 5.82 Å². The third kappa shape index (κ3) is 3.49. The zero-order valence-electron chi connectivity index (χ0n) is 14.9. The number of rotatable bonds is 2. The van der Waals surface area contributed by atoms with Crippen LogP contribution in [0, 0.1) is 6.92 Å². The van der Waals surface area contributed by atoms with Gasteiger partial charge in [0, 0.05) is 30.4 Å². The van der Waals surface area contributed by atoms with Gasteiger partial charge in [-0.2, -0.15) is 0 Å². The van der Waals surface area contributed by atoms with Gasteiger partial charge in [-0.05, 0) is 30.7 Å². The van der Waals surface area contributed by atoms with Gasteiger partial charge in [0.15, 0.2) is 0 Å². The molecule has 6 nitrogen and oxygen atoms in total. The number of amides is 1. The van der Waals surface area contributed by atoms with Crippen molar-refractivity contribution < 1.29 is 14.3 Å². The van der Waals surface area contributed by atoms with Crippen LogP contribution in [0.3, 0.4) is 0 Å². The van der Waals surface area contributed by atoms with Gasteiger partial charge in [-0.25, -0.2) is 4.98 Å². The van der Waals surface area contributed by atoms with E-state index in [2.05, 4.69) is 23.2 Å². The number of nitrogens with one attached hydrogen (secondary N) is 1. The second kappa shape index (κ2) is 7.02. The molecule has 2 aliphatic rings. The lowest BCUT2D eigenvalue weighted by atomic mass is 10.1. The van der Waals surface area contributed by atoms with Crippen LogP contribution in [-0.2, 0) is 14.3 Å². The van der Waals surface area contributed by atoms with Crippen molar-refractivity contribution in [3.8, 4) is 0 Å². The van der Waals surface area contributed by atoms with Gasteiger partial charge in [-0.1, -0.05) is 17.7 Å². The number of anilines is 1. The number of aryl methyl sites for hydroxylation is 1. The van der Waals surface area contributed by atoms with Crippen LogP contribution in [0.1, 0.15) is 12.5 Å². The van der Waals surface area contributed by atoms with E-state index in [-0.39, 0.29) is 24.2 Å². The van der Waals surface area contributed by atoms with Crippen molar-refractivity contribution in [3.63, 3.8) is 0 Å². The van der Waals surface area contributed by atoms with Gasteiger partial charge in [-0.3, -0.25) is 4.79 Å². The summed E-state index contributed by atoms with van der Waals surface area (Å²) < 4.78 is 12.0. The van der Waals surface area contributed by atoms with E-state index in [1.165, 1.54) is 12.5 Å². The lowest BCUT2D eigenvalue weighted by Crippen LogP contribution is -2.40. The first-order chi connectivity index (χ1) is 12.5. The topological polar surface area (TPSA) is 63.7 Å². The Hall–Kier alpha value is -1.89. The van der Waals surface area contributed by atoms with Crippen LogP contribution in [0.25, 0.3) is 10.9 Å². The highest BCUT2D eigenvalue weighted by Gasteiger charge is 2.38. The van der Waals surface area contributed by atoms with Gasteiger partial charge in [0.25, 0.3) is 0 Å². The number of benzene rings is 1. The number of carbonyl (C=O) groups excluding carboxylic acids is 1. The van der Waals surface area contributed by atoms with Crippen LogP contribution in [0.5, 0.6) is 0 Å². The summed E-state index contributed by atoms with van der Waals surface area (Å²) in [7, 11) is 0. The fourth-order valence-electron chi connectivity index (χ4n) is 3.67. The van der Waals surface area contributed by atoms with E-state index >= 15 is 0 Å². The lowest BCUT2D eigenvalue weighted by molar-refractivity contribution is -0.120. The average molecular weight is 376 g/mol. The highest BCUT2D eigenvalue weighted by molar-refractivity contribution is 6.31. The van der Waals surface area contributed by atoms with E-state index < -0.39 is 0 Å². The molecule has 0 bridgehead atoms. The number of ether oxygens (including phenoxy) is 2. The molecule has 0 radical (unpaired) electrons. The third-order valence-electron chi connectivity index (χ3n) is 4.93. The summed E-state index contributed by atoms with van der Waals surface area (Å²) in [6.45, 7) is 5.96. The Morgan fingerprint density at radius 2 is 1.92 bits per heavy atom. The number of hydrogen-bond donors (Lipinski definition) is 1. The highest BCUT2D eigenvalue weighted by Crippen LogP contribution is 2.29. The molecule has 0 spiro atoms. The van der Waals surface area contributed by atoms with Gasteiger partial charge in [0.05, 0.1) is 24.8 Å². The Kier molecular flexibility index (Phi) is 4.73. The van der Waals surface area contributed by atoms with Crippen molar-refractivity contribution in [1.82, 2.24) is 10.3 Å². The molecule has 2 aliphatic heterocycles. The van der Waals surface area contributed by atoms with E-state index in [9.17, 15) is 4.79 Å². The van der Waals surface area contributed by atoms with Crippen LogP contribution >= 0.6 is 11.6 Å². The predicted octanol–water partition coefficient (Wildman–Crippen LogP) is 2.31. The second-order valence-electron chi connectivity index (χ2n) is 7.00. The van der Waals surface area contributed by atoms with Crippen LogP contribution in [-0.4, -0.2) is 55.4 Å². The van der Waals surface area contributed by atoms with Crippen molar-refractivity contribution in [1.29, 1.82) is 0 Å². The molecule has 3 heterocycles. The summed E-state index contributed by atoms with van der Waals surface area (Å²) in [5.41, 5.74) is 2.06. The molecule has 1 aromatic heterocycles. The van der Waals surface area contributed by atoms with Crippen LogP contribution < -0.4 is 10.2 Å². The first-order valence-electron chi connectivity index (χ1n) is 8.82. The molecule has 1 amide bonds. The smallest absolute Gasteiger partial charge is 0.217 e. The Balaban J connectivity index is 1.51. The molecule has 2 atom stereocenters. The molecule has 4 rings (SSSR count). The normalized spacial score (nSPS) is 23.7. The Morgan fingerprint density at radius 1 is 1.23 bits per heavy atom. The molecule has 1 N–H and O–H groups in total. The van der Waals surface area contributed by atoms with Gasteiger partial charge < -0.3 is 19.7 Å². The minimum atomic E-state index is -0.0882. The summed E-state index contributed by atoms with van der Waals surface area (Å²) in [6.07, 6.45) is -0.0446. The number of halogens is 1. The van der Waals surface area contributed by atoms with Crippen molar-refractivity contribution in [3.05, 3.63) is 34.9 Å². The van der Waals surface area contributed by atoms with Gasteiger partial charge in [-0.15, -0.1) is 0 Å². The molecule has 2 fully saturated rings. The maximum Gasteiger partial charge on any atom is 0.217 e. The van der Waals surface area contributed by atoms with Crippen molar-refractivity contribution >= 4 is 34.2 Å². The summed E-state index contributed by atoms with van der Waals surface area (Å²) in [6, 6.07) is 7.80. The zero-order valence-corrected chi connectivity index (χ0v) is 15.6.